The van der Waals surface area contributed by atoms with E-state index >= 15 is 0 Å². The summed E-state index contributed by atoms with van der Waals surface area (Å²) in [5, 5.41) is 7.23. The minimum Gasteiger partial charge on any atom is -0.473 e. The normalized spacial score (nSPS) is 23.6. The van der Waals surface area contributed by atoms with Gasteiger partial charge < -0.3 is 15.2 Å². The Morgan fingerprint density at radius 1 is 1.33 bits per heavy atom. The van der Waals surface area contributed by atoms with Crippen molar-refractivity contribution in [2.24, 2.45) is 5.73 Å². The van der Waals surface area contributed by atoms with Crippen LogP contribution in [-0.2, 0) is 4.74 Å². The Bertz CT molecular complexity index is 407. The molecule has 1 fully saturated rings. The molecule has 1 heterocycles. The van der Waals surface area contributed by atoms with Crippen molar-refractivity contribution in [3.05, 3.63) is 18.1 Å². The first-order valence-corrected chi connectivity index (χ1v) is 6.05. The quantitative estimate of drug-likeness (QED) is 0.616. The third-order valence-electron chi connectivity index (χ3n) is 3.10. The van der Waals surface area contributed by atoms with E-state index in [1.54, 1.807) is 7.11 Å². The highest BCUT2D eigenvalue weighted by atomic mass is 16.5. The highest BCUT2D eigenvalue weighted by Crippen LogP contribution is 2.24. The van der Waals surface area contributed by atoms with Gasteiger partial charge in [0, 0.05) is 13.5 Å². The molecule has 0 spiro atoms. The lowest BCUT2D eigenvalue weighted by atomic mass is 9.95. The van der Waals surface area contributed by atoms with Crippen LogP contribution in [0.4, 0.5) is 0 Å². The molecule has 6 nitrogen and oxygen atoms in total. The Morgan fingerprint density at radius 2 is 2.11 bits per heavy atom. The predicted octanol–water partition coefficient (Wildman–Crippen LogP) is 1.10. The van der Waals surface area contributed by atoms with E-state index < -0.39 is 0 Å². The zero-order valence-electron chi connectivity index (χ0n) is 10.4. The van der Waals surface area contributed by atoms with E-state index in [0.717, 1.165) is 25.7 Å². The molecule has 1 aliphatic carbocycles. The fourth-order valence-electron chi connectivity index (χ4n) is 2.11. The number of nitrogen functional groups attached to an aromatic ring is 1. The first kappa shape index (κ1) is 12.8. The molecule has 2 atom stereocenters. The molecule has 1 aliphatic rings. The predicted molar refractivity (Wildman–Crippen MR) is 66.7 cm³/mol. The highest BCUT2D eigenvalue weighted by molar-refractivity contribution is 5.92. The van der Waals surface area contributed by atoms with E-state index in [-0.39, 0.29) is 18.0 Å². The SMILES string of the molecule is COC1CCCC(Oc2cnc(C(=N)N)cn2)C1. The van der Waals surface area contributed by atoms with Gasteiger partial charge in [-0.1, -0.05) is 0 Å². The number of nitrogens with two attached hydrogens (primary N) is 1. The smallest absolute Gasteiger partial charge is 0.232 e. The number of aromatic nitrogens is 2. The molecule has 18 heavy (non-hydrogen) atoms. The molecule has 0 radical (unpaired) electrons. The minimum atomic E-state index is -0.0915. The monoisotopic (exact) mass is 250 g/mol. The van der Waals surface area contributed by atoms with Gasteiger partial charge >= 0.3 is 0 Å². The van der Waals surface area contributed by atoms with Gasteiger partial charge in [0.1, 0.15) is 17.6 Å². The lowest BCUT2D eigenvalue weighted by Gasteiger charge is -2.28. The molecule has 0 amide bonds. The molecule has 2 rings (SSSR count). The van der Waals surface area contributed by atoms with Crippen LogP contribution in [0.5, 0.6) is 5.88 Å². The summed E-state index contributed by atoms with van der Waals surface area (Å²) in [6, 6.07) is 0. The second-order valence-corrected chi connectivity index (χ2v) is 4.42. The number of nitrogens with one attached hydrogen (secondary N) is 1. The largest absolute Gasteiger partial charge is 0.473 e. The van der Waals surface area contributed by atoms with Crippen molar-refractivity contribution in [3.63, 3.8) is 0 Å². The Labute approximate surface area is 106 Å². The average Bonchev–Trinajstić information content (AvgIpc) is 2.39. The van der Waals surface area contributed by atoms with Crippen molar-refractivity contribution < 1.29 is 9.47 Å². The first-order valence-electron chi connectivity index (χ1n) is 6.05. The van der Waals surface area contributed by atoms with Crippen molar-refractivity contribution >= 4 is 5.84 Å². The fraction of sp³-hybridized carbons (Fsp3) is 0.583. The molecule has 1 saturated carbocycles. The Kier molecular flexibility index (Phi) is 4.09. The summed E-state index contributed by atoms with van der Waals surface area (Å²) in [4.78, 5) is 8.11. The van der Waals surface area contributed by atoms with Crippen LogP contribution < -0.4 is 10.5 Å². The van der Waals surface area contributed by atoms with Gasteiger partial charge in [0.05, 0.1) is 18.5 Å². The summed E-state index contributed by atoms with van der Waals surface area (Å²) in [7, 11) is 1.73. The summed E-state index contributed by atoms with van der Waals surface area (Å²) in [5.74, 6) is 0.382. The average molecular weight is 250 g/mol. The van der Waals surface area contributed by atoms with Gasteiger partial charge in [0.25, 0.3) is 0 Å². The second-order valence-electron chi connectivity index (χ2n) is 4.42. The molecule has 0 bridgehead atoms. The Balaban J connectivity index is 1.94. The molecular weight excluding hydrogens is 232 g/mol. The number of hydrogen-bond donors (Lipinski definition) is 2. The maximum absolute atomic E-state index is 7.23. The van der Waals surface area contributed by atoms with Crippen LogP contribution in [0.15, 0.2) is 12.4 Å². The van der Waals surface area contributed by atoms with Gasteiger partial charge in [-0.3, -0.25) is 5.41 Å². The first-order chi connectivity index (χ1) is 8.69. The van der Waals surface area contributed by atoms with Crippen molar-refractivity contribution in [2.45, 2.75) is 37.9 Å². The molecule has 1 aromatic heterocycles. The molecule has 1 aromatic rings. The highest BCUT2D eigenvalue weighted by Gasteiger charge is 2.23. The summed E-state index contributed by atoms with van der Waals surface area (Å²) >= 11 is 0. The molecule has 0 aliphatic heterocycles. The lowest BCUT2D eigenvalue weighted by molar-refractivity contribution is 0.0194. The van der Waals surface area contributed by atoms with Crippen molar-refractivity contribution in [2.75, 3.05) is 7.11 Å². The van der Waals surface area contributed by atoms with Crippen LogP contribution in [0.3, 0.4) is 0 Å². The lowest BCUT2D eigenvalue weighted by Crippen LogP contribution is -2.29. The summed E-state index contributed by atoms with van der Waals surface area (Å²) < 4.78 is 11.1. The third kappa shape index (κ3) is 3.16. The maximum Gasteiger partial charge on any atom is 0.232 e. The van der Waals surface area contributed by atoms with Gasteiger partial charge in [0.2, 0.25) is 5.88 Å². The Hall–Kier alpha value is -1.69. The summed E-state index contributed by atoms with van der Waals surface area (Å²) in [6.07, 6.45) is 7.44. The molecule has 6 heteroatoms. The van der Waals surface area contributed by atoms with Gasteiger partial charge in [0.15, 0.2) is 0 Å². The number of amidine groups is 1. The van der Waals surface area contributed by atoms with Crippen LogP contribution in [0.25, 0.3) is 0 Å². The fourth-order valence-corrected chi connectivity index (χ4v) is 2.11. The van der Waals surface area contributed by atoms with E-state index in [1.807, 2.05) is 0 Å². The van der Waals surface area contributed by atoms with E-state index in [2.05, 4.69) is 9.97 Å². The minimum absolute atomic E-state index is 0.0915. The number of nitrogens with zero attached hydrogens (tertiary/aromatic N) is 2. The zero-order valence-corrected chi connectivity index (χ0v) is 10.4. The summed E-state index contributed by atoms with van der Waals surface area (Å²) in [5.41, 5.74) is 5.67. The summed E-state index contributed by atoms with van der Waals surface area (Å²) in [6.45, 7) is 0. The zero-order chi connectivity index (χ0) is 13.0. The van der Waals surface area contributed by atoms with Crippen LogP contribution in [0, 0.1) is 5.41 Å². The van der Waals surface area contributed by atoms with E-state index in [4.69, 9.17) is 20.6 Å². The van der Waals surface area contributed by atoms with Crippen molar-refractivity contribution in [1.82, 2.24) is 9.97 Å². The molecule has 3 N–H and O–H groups in total. The van der Waals surface area contributed by atoms with Crippen molar-refractivity contribution in [1.29, 1.82) is 5.41 Å². The van der Waals surface area contributed by atoms with E-state index in [1.165, 1.54) is 12.4 Å². The van der Waals surface area contributed by atoms with Crippen LogP contribution >= 0.6 is 0 Å². The molecule has 2 unspecified atom stereocenters. The molecule has 0 aromatic carbocycles. The van der Waals surface area contributed by atoms with E-state index in [0.29, 0.717) is 11.6 Å². The number of ether oxygens (including phenoxy) is 2. The van der Waals surface area contributed by atoms with Gasteiger partial charge in [-0.05, 0) is 19.3 Å². The standard InChI is InChI=1S/C12H18N4O2/c1-17-8-3-2-4-9(5-8)18-11-7-15-10(6-16-11)12(13)14/h6-9H,2-5H2,1H3,(H3,13,14). The number of rotatable bonds is 4. The molecule has 98 valence electrons. The maximum atomic E-state index is 7.23. The van der Waals surface area contributed by atoms with Crippen LogP contribution in [0.1, 0.15) is 31.4 Å². The third-order valence-corrected chi connectivity index (χ3v) is 3.10. The van der Waals surface area contributed by atoms with Crippen molar-refractivity contribution in [3.8, 4) is 5.88 Å². The molecular formula is C12H18N4O2. The van der Waals surface area contributed by atoms with Gasteiger partial charge in [-0.15, -0.1) is 0 Å². The van der Waals surface area contributed by atoms with Crippen LogP contribution in [0.2, 0.25) is 0 Å². The van der Waals surface area contributed by atoms with Crippen LogP contribution in [-0.4, -0.2) is 35.1 Å². The number of hydrogen-bond acceptors (Lipinski definition) is 5. The second kappa shape index (κ2) is 5.77. The van der Waals surface area contributed by atoms with E-state index in [9.17, 15) is 0 Å². The van der Waals surface area contributed by atoms with Gasteiger partial charge in [-0.2, -0.15) is 0 Å². The van der Waals surface area contributed by atoms with Gasteiger partial charge in [-0.25, -0.2) is 9.97 Å². The topological polar surface area (TPSA) is 94.1 Å². The molecule has 0 saturated heterocycles. The number of methoxy groups -OCH3 is 1. The Morgan fingerprint density at radius 3 is 2.72 bits per heavy atom.